The average Bonchev–Trinajstić information content (AvgIpc) is 3.07. The molecule has 0 unspecified atom stereocenters. The minimum Gasteiger partial charge on any atom is -0.453 e. The van der Waals surface area contributed by atoms with Crippen LogP contribution in [0.5, 0.6) is 11.5 Å². The Kier molecular flexibility index (Phi) is 9.06. The van der Waals surface area contributed by atoms with E-state index in [-0.39, 0.29) is 22.6 Å². The van der Waals surface area contributed by atoms with Gasteiger partial charge in [0.15, 0.2) is 17.4 Å². The molecule has 10 heteroatoms. The molecule has 0 saturated heterocycles. The summed E-state index contributed by atoms with van der Waals surface area (Å²) in [5.41, 5.74) is 2.54. The number of H-pyrrole nitrogens is 1. The monoisotopic (exact) mass is 724 g/mol. The van der Waals surface area contributed by atoms with E-state index in [1.807, 2.05) is 60.7 Å². The lowest BCUT2D eigenvalue weighted by molar-refractivity contribution is 0.102. The molecule has 0 fully saturated rings. The van der Waals surface area contributed by atoms with Crippen molar-refractivity contribution in [3.05, 3.63) is 170 Å². The third-order valence-corrected chi connectivity index (χ3v) is 7.92. The normalized spacial score (nSPS) is 10.7. The van der Waals surface area contributed by atoms with E-state index in [0.29, 0.717) is 20.7 Å². The molecule has 0 saturated carbocycles. The Morgan fingerprint density at radius 2 is 1.50 bits per heavy atom. The van der Waals surface area contributed by atoms with E-state index < -0.39 is 23.0 Å². The lowest BCUT2D eigenvalue weighted by Crippen LogP contribution is -2.22. The number of amides is 1. The Bertz CT molecular complexity index is 2080. The van der Waals surface area contributed by atoms with Crippen molar-refractivity contribution < 1.29 is 18.3 Å². The number of aliphatic imine (C=N–C) groups is 1. The molecular formula is C36H23F2IN4O3. The Morgan fingerprint density at radius 3 is 2.15 bits per heavy atom. The van der Waals surface area contributed by atoms with Gasteiger partial charge < -0.3 is 15.0 Å². The molecule has 2 aromatic heterocycles. The van der Waals surface area contributed by atoms with Crippen LogP contribution in [-0.4, -0.2) is 21.6 Å². The number of hydrogen-bond acceptors (Lipinski definition) is 5. The van der Waals surface area contributed by atoms with Crippen LogP contribution in [0.4, 0.5) is 20.3 Å². The maximum atomic E-state index is 15.3. The second-order valence-corrected chi connectivity index (χ2v) is 11.0. The second-order valence-electron chi connectivity index (χ2n) is 9.96. The van der Waals surface area contributed by atoms with E-state index >= 15 is 4.39 Å². The highest BCUT2D eigenvalue weighted by molar-refractivity contribution is 14.1. The first kappa shape index (κ1) is 30.5. The molecule has 0 atom stereocenters. The standard InChI is InChI=1S/C36H23F2IN4O3/c37-25-13-11-22(12-14-25)27-20-40-21-28(34(27)44)36(45)42-26-15-16-30(29(38)19-26)46-31-17-18-41-35(32(31)39)43-33(23-7-3-1-4-8-23)24-9-5-2-6-10-24/h1-21H,(H,40,44)(H,42,45). The minimum atomic E-state index is -0.739. The predicted octanol–water partition coefficient (Wildman–Crippen LogP) is 8.53. The van der Waals surface area contributed by atoms with E-state index in [2.05, 4.69) is 37.9 Å². The summed E-state index contributed by atoms with van der Waals surface area (Å²) in [6, 6.07) is 30.4. The highest BCUT2D eigenvalue weighted by Crippen LogP contribution is 2.34. The summed E-state index contributed by atoms with van der Waals surface area (Å²) >= 11 is 2.07. The van der Waals surface area contributed by atoms with Gasteiger partial charge in [-0.05, 0) is 52.4 Å². The van der Waals surface area contributed by atoms with Gasteiger partial charge in [0.2, 0.25) is 5.43 Å². The van der Waals surface area contributed by atoms with Crippen LogP contribution in [0, 0.1) is 15.2 Å². The number of carbonyl (C=O) groups is 1. The van der Waals surface area contributed by atoms with Gasteiger partial charge >= 0.3 is 0 Å². The molecule has 2 N–H and O–H groups in total. The first-order valence-corrected chi connectivity index (χ1v) is 15.0. The Morgan fingerprint density at radius 1 is 0.826 bits per heavy atom. The van der Waals surface area contributed by atoms with Crippen molar-refractivity contribution in [2.75, 3.05) is 5.32 Å². The first-order valence-electron chi connectivity index (χ1n) is 14.0. The summed E-state index contributed by atoms with van der Waals surface area (Å²) < 4.78 is 35.1. The zero-order valence-electron chi connectivity index (χ0n) is 23.9. The molecule has 6 rings (SSSR count). The summed E-state index contributed by atoms with van der Waals surface area (Å²) in [5, 5.41) is 2.55. The number of benzene rings is 4. The molecule has 2 heterocycles. The second kappa shape index (κ2) is 13.7. The van der Waals surface area contributed by atoms with Gasteiger partial charge in [-0.2, -0.15) is 0 Å². The lowest BCUT2D eigenvalue weighted by atomic mass is 10.0. The van der Waals surface area contributed by atoms with Crippen molar-refractivity contribution in [1.82, 2.24) is 9.97 Å². The predicted molar refractivity (Wildman–Crippen MR) is 182 cm³/mol. The van der Waals surface area contributed by atoms with Crippen molar-refractivity contribution in [3.63, 3.8) is 0 Å². The Hall–Kier alpha value is -5.49. The fraction of sp³-hybridized carbons (Fsp3) is 0. The van der Waals surface area contributed by atoms with Crippen LogP contribution < -0.4 is 15.5 Å². The van der Waals surface area contributed by atoms with Gasteiger partial charge in [0.05, 0.1) is 5.71 Å². The van der Waals surface area contributed by atoms with Crippen LogP contribution in [0.2, 0.25) is 0 Å². The average molecular weight is 725 g/mol. The van der Waals surface area contributed by atoms with Crippen molar-refractivity contribution in [1.29, 1.82) is 0 Å². The molecule has 0 aliphatic rings. The molecule has 7 nitrogen and oxygen atoms in total. The summed E-state index contributed by atoms with van der Waals surface area (Å²) in [4.78, 5) is 38.1. The van der Waals surface area contributed by atoms with Gasteiger partial charge in [0.1, 0.15) is 20.7 Å². The first-order chi connectivity index (χ1) is 22.4. The molecule has 1 amide bonds. The van der Waals surface area contributed by atoms with Crippen molar-refractivity contribution >= 4 is 45.7 Å². The number of aromatic amines is 1. The molecule has 0 spiro atoms. The van der Waals surface area contributed by atoms with E-state index in [1.165, 1.54) is 55.0 Å². The molecule has 226 valence electrons. The number of anilines is 1. The van der Waals surface area contributed by atoms with Crippen molar-refractivity contribution in [3.8, 4) is 22.6 Å². The number of nitrogens with one attached hydrogen (secondary N) is 2. The van der Waals surface area contributed by atoms with Crippen LogP contribution in [0.15, 0.2) is 138 Å². The van der Waals surface area contributed by atoms with Crippen LogP contribution in [0.3, 0.4) is 0 Å². The molecule has 0 radical (unpaired) electrons. The maximum Gasteiger partial charge on any atom is 0.261 e. The fourth-order valence-corrected chi connectivity index (χ4v) is 5.19. The topological polar surface area (TPSA) is 96.4 Å². The molecule has 4 aromatic carbocycles. The third kappa shape index (κ3) is 6.76. The lowest BCUT2D eigenvalue weighted by Gasteiger charge is -2.12. The molecule has 0 aliphatic heterocycles. The third-order valence-electron chi connectivity index (χ3n) is 6.90. The van der Waals surface area contributed by atoms with Crippen LogP contribution >= 0.6 is 22.6 Å². The van der Waals surface area contributed by atoms with Crippen molar-refractivity contribution in [2.24, 2.45) is 4.99 Å². The van der Waals surface area contributed by atoms with Gasteiger partial charge in [-0.15, -0.1) is 0 Å². The maximum absolute atomic E-state index is 15.3. The van der Waals surface area contributed by atoms with E-state index in [4.69, 9.17) is 9.73 Å². The van der Waals surface area contributed by atoms with Gasteiger partial charge in [0, 0.05) is 53.1 Å². The molecule has 0 aliphatic carbocycles. The zero-order valence-corrected chi connectivity index (χ0v) is 26.0. The summed E-state index contributed by atoms with van der Waals surface area (Å²) in [6.07, 6.45) is 4.22. The number of ether oxygens (including phenoxy) is 1. The van der Waals surface area contributed by atoms with Crippen molar-refractivity contribution in [2.45, 2.75) is 0 Å². The molecule has 6 aromatic rings. The number of aromatic nitrogens is 2. The zero-order chi connectivity index (χ0) is 32.0. The largest absolute Gasteiger partial charge is 0.453 e. The number of pyridine rings is 2. The van der Waals surface area contributed by atoms with E-state index in [0.717, 1.165) is 22.9 Å². The molecule has 0 bridgehead atoms. The van der Waals surface area contributed by atoms with E-state index in [9.17, 15) is 14.0 Å². The number of carbonyl (C=O) groups excluding carboxylic acids is 1. The summed E-state index contributed by atoms with van der Waals surface area (Å²) in [6.45, 7) is 0. The minimum absolute atomic E-state index is 0.0838. The van der Waals surface area contributed by atoms with Gasteiger partial charge in [0.25, 0.3) is 5.91 Å². The number of nitrogens with zero attached hydrogens (tertiary/aromatic N) is 2. The molecular weight excluding hydrogens is 701 g/mol. The fourth-order valence-electron chi connectivity index (χ4n) is 4.64. The smallest absolute Gasteiger partial charge is 0.261 e. The quantitative estimate of drug-likeness (QED) is 0.122. The highest BCUT2D eigenvalue weighted by atomic mass is 127. The SMILES string of the molecule is O=C(Nc1ccc(Oc2ccnc(N=C(c3ccccc3)c3ccccc3)c2I)c(F)c1)c1c[nH]cc(-c2ccc(F)cc2)c1=O. The van der Waals surface area contributed by atoms with Crippen LogP contribution in [-0.2, 0) is 0 Å². The number of halogens is 3. The Labute approximate surface area is 275 Å². The highest BCUT2D eigenvalue weighted by Gasteiger charge is 2.17. The van der Waals surface area contributed by atoms with Gasteiger partial charge in [-0.3, -0.25) is 9.59 Å². The van der Waals surface area contributed by atoms with Crippen LogP contribution in [0.1, 0.15) is 21.5 Å². The van der Waals surface area contributed by atoms with Gasteiger partial charge in [-0.25, -0.2) is 18.8 Å². The van der Waals surface area contributed by atoms with Crippen LogP contribution in [0.25, 0.3) is 11.1 Å². The molecule has 46 heavy (non-hydrogen) atoms. The van der Waals surface area contributed by atoms with Gasteiger partial charge in [-0.1, -0.05) is 72.8 Å². The van der Waals surface area contributed by atoms with E-state index in [1.54, 1.807) is 6.07 Å². The summed E-state index contributed by atoms with van der Waals surface area (Å²) in [5.74, 6) is -1.26. The number of rotatable bonds is 8. The summed E-state index contributed by atoms with van der Waals surface area (Å²) in [7, 11) is 0. The Balaban J connectivity index is 1.23. The number of hydrogen-bond donors (Lipinski definition) is 2.